The van der Waals surface area contributed by atoms with Crippen molar-refractivity contribution in [3.8, 4) is 0 Å². The van der Waals surface area contributed by atoms with E-state index < -0.39 is 42.2 Å². The van der Waals surface area contributed by atoms with Crippen molar-refractivity contribution in [3.63, 3.8) is 0 Å². The number of ether oxygens (including phenoxy) is 3. The summed E-state index contributed by atoms with van der Waals surface area (Å²) >= 11 is 1.46. The first kappa shape index (κ1) is 36.7. The number of carbonyl (C=O) groups excluding carboxylic acids is 4. The molecule has 276 valence electrons. The van der Waals surface area contributed by atoms with Gasteiger partial charge in [-0.05, 0) is 60.2 Å². The first-order chi connectivity index (χ1) is 26.8. The molecule has 0 radical (unpaired) electrons. The number of hydrogen-bond donors (Lipinski definition) is 0. The topological polar surface area (TPSA) is 143 Å². The van der Waals surface area contributed by atoms with E-state index in [1.54, 1.807) is 127 Å². The number of hydrogen-bond acceptors (Lipinski definition) is 11. The number of esters is 2. The molecule has 1 fully saturated rings. The van der Waals surface area contributed by atoms with Crippen molar-refractivity contribution in [1.29, 1.82) is 0 Å². The molecule has 13 heteroatoms. The summed E-state index contributed by atoms with van der Waals surface area (Å²) in [7, 11) is 0. The molecule has 1 aliphatic heterocycles. The van der Waals surface area contributed by atoms with Gasteiger partial charge >= 0.3 is 11.9 Å². The second kappa shape index (κ2) is 16.6. The van der Waals surface area contributed by atoms with Crippen LogP contribution in [0, 0.1) is 5.92 Å². The van der Waals surface area contributed by atoms with Gasteiger partial charge in [0.05, 0.1) is 11.1 Å². The number of anilines is 1. The summed E-state index contributed by atoms with van der Waals surface area (Å²) in [6, 6.07) is 33.6. The smallest absolute Gasteiger partial charge is 0.338 e. The SMILES string of the molecule is CC(C)CS/C=C1\O[C@@H](n2cnc3c(N(C(=O)c4ccccc4)C(=O)c4ccccc4)ncnc32)[C@H](OC(=O)c2ccccc2)[C@@H]1OC(=O)c1ccccc1. The maximum atomic E-state index is 14.1. The Morgan fingerprint density at radius 1 is 0.727 bits per heavy atom. The average molecular weight is 754 g/mol. The number of rotatable bonds is 11. The third-order valence-corrected chi connectivity index (χ3v) is 9.77. The standard InChI is InChI=1S/C42H35N5O7S/c1-27(2)23-55-24-32-34(53-41(50)30-19-11-5-12-20-30)35(54-42(51)31-21-13-6-14-22-31)40(52-32)46-26-45-33-36(46)43-25-44-37(33)47(38(48)28-15-7-3-8-16-28)39(49)29-17-9-4-10-18-29/h3-22,24-27,34-35,40H,23H2,1-2H3/b32-24-/t34-,35-,40-/m1/s1. The van der Waals surface area contributed by atoms with E-state index in [1.165, 1.54) is 29.0 Å². The third-order valence-electron chi connectivity index (χ3n) is 8.51. The number of imide groups is 1. The molecule has 0 bridgehead atoms. The first-order valence-electron chi connectivity index (χ1n) is 17.5. The summed E-state index contributed by atoms with van der Waals surface area (Å²) in [5.74, 6) is -1.33. The lowest BCUT2D eigenvalue weighted by atomic mass is 10.1. The molecule has 0 saturated carbocycles. The van der Waals surface area contributed by atoms with Gasteiger partial charge in [-0.15, -0.1) is 11.8 Å². The van der Waals surface area contributed by atoms with E-state index in [0.717, 1.165) is 10.7 Å². The van der Waals surface area contributed by atoms with Crippen LogP contribution in [-0.2, 0) is 14.2 Å². The molecule has 0 aliphatic carbocycles. The Kier molecular flexibility index (Phi) is 11.1. The minimum absolute atomic E-state index is 0.0717. The van der Waals surface area contributed by atoms with Gasteiger partial charge in [-0.25, -0.2) is 29.4 Å². The molecule has 3 heterocycles. The minimum atomic E-state index is -1.24. The third kappa shape index (κ3) is 8.02. The Balaban J connectivity index is 1.33. The van der Waals surface area contributed by atoms with Crippen molar-refractivity contribution in [2.75, 3.05) is 10.7 Å². The van der Waals surface area contributed by atoms with Gasteiger partial charge in [0.2, 0.25) is 18.4 Å². The largest absolute Gasteiger partial charge is 0.466 e. The van der Waals surface area contributed by atoms with Gasteiger partial charge in [0, 0.05) is 16.5 Å². The summed E-state index contributed by atoms with van der Waals surface area (Å²) in [6.07, 6.45) is -0.978. The van der Waals surface area contributed by atoms with Gasteiger partial charge in [-0.1, -0.05) is 86.6 Å². The van der Waals surface area contributed by atoms with E-state index in [4.69, 9.17) is 14.2 Å². The molecule has 4 aromatic carbocycles. The van der Waals surface area contributed by atoms with Crippen molar-refractivity contribution >= 4 is 52.5 Å². The second-order valence-electron chi connectivity index (χ2n) is 12.9. The van der Waals surface area contributed by atoms with Crippen molar-refractivity contribution in [2.45, 2.75) is 32.3 Å². The first-order valence-corrected chi connectivity index (χ1v) is 18.5. The van der Waals surface area contributed by atoms with Crippen LogP contribution in [-0.4, -0.2) is 61.2 Å². The number of amides is 2. The van der Waals surface area contributed by atoms with Crippen molar-refractivity contribution in [1.82, 2.24) is 19.5 Å². The highest BCUT2D eigenvalue weighted by Gasteiger charge is 2.49. The molecule has 3 atom stereocenters. The summed E-state index contributed by atoms with van der Waals surface area (Å²) in [6.45, 7) is 4.15. The lowest BCUT2D eigenvalue weighted by Crippen LogP contribution is -2.38. The highest BCUT2D eigenvalue weighted by atomic mass is 32.2. The maximum Gasteiger partial charge on any atom is 0.338 e. The zero-order chi connectivity index (χ0) is 38.3. The lowest BCUT2D eigenvalue weighted by Gasteiger charge is -2.23. The number of nitrogens with zero attached hydrogens (tertiary/aromatic N) is 5. The Labute approximate surface area is 320 Å². The van der Waals surface area contributed by atoms with Crippen molar-refractivity contribution < 1.29 is 33.4 Å². The number of imidazole rings is 1. The highest BCUT2D eigenvalue weighted by molar-refractivity contribution is 8.02. The number of aromatic nitrogens is 4. The van der Waals surface area contributed by atoms with Gasteiger partial charge in [-0.2, -0.15) is 0 Å². The Morgan fingerprint density at radius 3 is 1.76 bits per heavy atom. The molecule has 55 heavy (non-hydrogen) atoms. The molecule has 2 amide bonds. The fraction of sp³-hybridized carbons (Fsp3) is 0.167. The second-order valence-corrected chi connectivity index (χ2v) is 13.8. The van der Waals surface area contributed by atoms with Crippen LogP contribution in [0.4, 0.5) is 5.82 Å². The van der Waals surface area contributed by atoms with E-state index in [0.29, 0.717) is 11.5 Å². The molecule has 6 aromatic rings. The summed E-state index contributed by atoms with van der Waals surface area (Å²) < 4.78 is 20.3. The van der Waals surface area contributed by atoms with E-state index in [1.807, 2.05) is 0 Å². The van der Waals surface area contributed by atoms with E-state index >= 15 is 0 Å². The fourth-order valence-electron chi connectivity index (χ4n) is 5.88. The Bertz CT molecular complexity index is 2290. The molecule has 0 N–H and O–H groups in total. The predicted molar refractivity (Wildman–Crippen MR) is 206 cm³/mol. The van der Waals surface area contributed by atoms with Gasteiger partial charge < -0.3 is 14.2 Å². The predicted octanol–water partition coefficient (Wildman–Crippen LogP) is 7.52. The molecular formula is C42H35N5O7S. The average Bonchev–Trinajstić information content (AvgIpc) is 3.80. The zero-order valence-corrected chi connectivity index (χ0v) is 30.6. The Morgan fingerprint density at radius 2 is 1.24 bits per heavy atom. The summed E-state index contributed by atoms with van der Waals surface area (Å²) in [5, 5.41) is 1.75. The van der Waals surface area contributed by atoms with Gasteiger partial charge in [-0.3, -0.25) is 14.2 Å². The Hall–Kier alpha value is -6.60. The molecule has 7 rings (SSSR count). The highest BCUT2D eigenvalue weighted by Crippen LogP contribution is 2.40. The van der Waals surface area contributed by atoms with Crippen LogP contribution in [0.3, 0.4) is 0 Å². The molecule has 12 nitrogen and oxygen atoms in total. The zero-order valence-electron chi connectivity index (χ0n) is 29.8. The molecule has 0 spiro atoms. The van der Waals surface area contributed by atoms with Crippen LogP contribution in [0.1, 0.15) is 61.5 Å². The van der Waals surface area contributed by atoms with E-state index in [9.17, 15) is 19.2 Å². The maximum absolute atomic E-state index is 14.1. The van der Waals surface area contributed by atoms with E-state index in [-0.39, 0.29) is 39.4 Å². The summed E-state index contributed by atoms with van der Waals surface area (Å²) in [5.41, 5.74) is 1.33. The van der Waals surface area contributed by atoms with Crippen molar-refractivity contribution in [3.05, 3.63) is 167 Å². The van der Waals surface area contributed by atoms with Crippen LogP contribution >= 0.6 is 11.8 Å². The van der Waals surface area contributed by atoms with Crippen LogP contribution in [0.25, 0.3) is 11.2 Å². The van der Waals surface area contributed by atoms with Crippen LogP contribution in [0.15, 0.2) is 145 Å². The van der Waals surface area contributed by atoms with Crippen LogP contribution < -0.4 is 4.90 Å². The minimum Gasteiger partial charge on any atom is -0.466 e. The monoisotopic (exact) mass is 753 g/mol. The molecule has 1 saturated heterocycles. The fourth-order valence-corrected chi connectivity index (χ4v) is 6.71. The molecule has 0 unspecified atom stereocenters. The molecular weight excluding hydrogens is 719 g/mol. The molecule has 1 aliphatic rings. The van der Waals surface area contributed by atoms with Gasteiger partial charge in [0.1, 0.15) is 12.7 Å². The quantitative estimate of drug-likeness (QED) is 0.0957. The summed E-state index contributed by atoms with van der Waals surface area (Å²) in [4.78, 5) is 69.9. The van der Waals surface area contributed by atoms with Crippen LogP contribution in [0.5, 0.6) is 0 Å². The number of carbonyl (C=O) groups is 4. The van der Waals surface area contributed by atoms with Crippen molar-refractivity contribution in [2.24, 2.45) is 5.92 Å². The van der Waals surface area contributed by atoms with Crippen LogP contribution in [0.2, 0.25) is 0 Å². The normalized spacial score (nSPS) is 17.1. The van der Waals surface area contributed by atoms with E-state index in [2.05, 4.69) is 28.8 Å². The lowest BCUT2D eigenvalue weighted by molar-refractivity contribution is -0.0454. The number of fused-ring (bicyclic) bond motifs is 1. The molecule has 2 aromatic heterocycles. The van der Waals surface area contributed by atoms with Gasteiger partial charge in [0.25, 0.3) is 11.8 Å². The van der Waals surface area contributed by atoms with Gasteiger partial charge in [0.15, 0.2) is 22.7 Å². The number of benzene rings is 4. The number of thioether (sulfide) groups is 1.